The minimum atomic E-state index is 0.0571. The summed E-state index contributed by atoms with van der Waals surface area (Å²) in [5.74, 6) is 3.52. The van der Waals surface area contributed by atoms with Crippen molar-refractivity contribution in [1.82, 2.24) is 15.0 Å². The zero-order chi connectivity index (χ0) is 13.7. The third-order valence-corrected chi connectivity index (χ3v) is 3.52. The molecular weight excluding hydrogens is 262 g/mol. The summed E-state index contributed by atoms with van der Waals surface area (Å²) in [5, 5.41) is 3.13. The van der Waals surface area contributed by atoms with Crippen LogP contribution in [0, 0.1) is 0 Å². The number of aromatic nitrogens is 3. The second-order valence-corrected chi connectivity index (χ2v) is 5.76. The molecule has 106 valence electrons. The van der Waals surface area contributed by atoms with Crippen molar-refractivity contribution in [2.24, 2.45) is 0 Å². The van der Waals surface area contributed by atoms with Crippen LogP contribution in [0.4, 0.5) is 11.9 Å². The monoisotopic (exact) mass is 283 g/mol. The van der Waals surface area contributed by atoms with Crippen molar-refractivity contribution in [3.8, 4) is 6.01 Å². The molecule has 0 atom stereocenters. The normalized spacial score (nSPS) is 15.7. The van der Waals surface area contributed by atoms with Crippen LogP contribution in [0.5, 0.6) is 6.01 Å². The lowest BCUT2D eigenvalue weighted by molar-refractivity contribution is 0.222. The average Bonchev–Trinajstić information content (AvgIpc) is 2.39. The largest absolute Gasteiger partial charge is 0.461 e. The standard InChI is InChI=1S/C12H21N5OS/c1-4-13-10-14-11(17-5-7-19-8-6-17)16-12(15-10)18-9(2)3/h9H,4-8H2,1-3H3,(H,13,14,15,16). The second kappa shape index (κ2) is 6.79. The highest BCUT2D eigenvalue weighted by atomic mass is 32.2. The molecule has 1 aromatic rings. The minimum Gasteiger partial charge on any atom is -0.461 e. The second-order valence-electron chi connectivity index (χ2n) is 4.54. The van der Waals surface area contributed by atoms with Crippen molar-refractivity contribution < 1.29 is 4.74 Å². The average molecular weight is 283 g/mol. The molecule has 0 bridgehead atoms. The van der Waals surface area contributed by atoms with Gasteiger partial charge in [0.1, 0.15) is 0 Å². The van der Waals surface area contributed by atoms with Crippen LogP contribution in [0.1, 0.15) is 20.8 Å². The van der Waals surface area contributed by atoms with Gasteiger partial charge in [-0.05, 0) is 20.8 Å². The molecule has 0 aliphatic carbocycles. The van der Waals surface area contributed by atoms with Crippen LogP contribution in [0.25, 0.3) is 0 Å². The number of thioether (sulfide) groups is 1. The molecular formula is C12H21N5OS. The van der Waals surface area contributed by atoms with Crippen molar-refractivity contribution in [2.75, 3.05) is 41.4 Å². The summed E-state index contributed by atoms with van der Waals surface area (Å²) in [7, 11) is 0. The number of nitrogens with one attached hydrogen (secondary N) is 1. The van der Waals surface area contributed by atoms with Crippen LogP contribution in [-0.4, -0.2) is 52.2 Å². The molecule has 0 amide bonds. The van der Waals surface area contributed by atoms with Crippen molar-refractivity contribution in [2.45, 2.75) is 26.9 Å². The van der Waals surface area contributed by atoms with Crippen LogP contribution in [0.2, 0.25) is 0 Å². The van der Waals surface area contributed by atoms with E-state index in [4.69, 9.17) is 4.74 Å². The quantitative estimate of drug-likeness (QED) is 0.881. The number of anilines is 2. The molecule has 7 heteroatoms. The number of hydrogen-bond acceptors (Lipinski definition) is 7. The first-order valence-corrected chi connectivity index (χ1v) is 7.83. The number of rotatable bonds is 5. The van der Waals surface area contributed by atoms with Crippen LogP contribution in [0.15, 0.2) is 0 Å². The Morgan fingerprint density at radius 3 is 2.63 bits per heavy atom. The first-order chi connectivity index (χ1) is 9.19. The maximum absolute atomic E-state index is 5.60. The molecule has 0 spiro atoms. The zero-order valence-corrected chi connectivity index (χ0v) is 12.5. The Kier molecular flexibility index (Phi) is 5.07. The molecule has 1 aliphatic heterocycles. The van der Waals surface area contributed by atoms with Crippen molar-refractivity contribution in [3.05, 3.63) is 0 Å². The lowest BCUT2D eigenvalue weighted by Crippen LogP contribution is -2.34. The Labute approximate surface area is 118 Å². The summed E-state index contributed by atoms with van der Waals surface area (Å²) >= 11 is 1.96. The number of hydrogen-bond donors (Lipinski definition) is 1. The third-order valence-electron chi connectivity index (χ3n) is 2.57. The fourth-order valence-corrected chi connectivity index (χ4v) is 2.65. The summed E-state index contributed by atoms with van der Waals surface area (Å²) in [5.41, 5.74) is 0. The Hall–Kier alpha value is -1.24. The molecule has 0 radical (unpaired) electrons. The minimum absolute atomic E-state index is 0.0571. The van der Waals surface area contributed by atoms with Gasteiger partial charge in [-0.2, -0.15) is 26.7 Å². The van der Waals surface area contributed by atoms with Gasteiger partial charge in [0.2, 0.25) is 11.9 Å². The third kappa shape index (κ3) is 4.12. The molecule has 1 N–H and O–H groups in total. The molecule has 2 rings (SSSR count). The lowest BCUT2D eigenvalue weighted by Gasteiger charge is -2.26. The van der Waals surface area contributed by atoms with E-state index < -0.39 is 0 Å². The Morgan fingerprint density at radius 2 is 2.00 bits per heavy atom. The summed E-state index contributed by atoms with van der Waals surface area (Å²) in [6.07, 6.45) is 0.0571. The van der Waals surface area contributed by atoms with E-state index in [9.17, 15) is 0 Å². The van der Waals surface area contributed by atoms with Crippen molar-refractivity contribution in [3.63, 3.8) is 0 Å². The first-order valence-electron chi connectivity index (χ1n) is 6.68. The Morgan fingerprint density at radius 1 is 1.26 bits per heavy atom. The predicted octanol–water partition coefficient (Wildman–Crippen LogP) is 1.64. The van der Waals surface area contributed by atoms with Gasteiger partial charge in [0.25, 0.3) is 0 Å². The SMILES string of the molecule is CCNc1nc(OC(C)C)nc(N2CCSCC2)n1. The molecule has 1 aliphatic rings. The van der Waals surface area contributed by atoms with Gasteiger partial charge in [-0.15, -0.1) is 0 Å². The van der Waals surface area contributed by atoms with Gasteiger partial charge < -0.3 is 15.0 Å². The topological polar surface area (TPSA) is 63.2 Å². The highest BCUT2D eigenvalue weighted by Crippen LogP contribution is 2.19. The van der Waals surface area contributed by atoms with Gasteiger partial charge in [-0.25, -0.2) is 0 Å². The smallest absolute Gasteiger partial charge is 0.323 e. The lowest BCUT2D eigenvalue weighted by atomic mass is 10.5. The van der Waals surface area contributed by atoms with Gasteiger partial charge in [-0.1, -0.05) is 0 Å². The summed E-state index contributed by atoms with van der Waals surface area (Å²) in [6, 6.07) is 0.397. The van der Waals surface area contributed by atoms with Gasteiger partial charge in [-0.3, -0.25) is 0 Å². The van der Waals surface area contributed by atoms with Crippen LogP contribution >= 0.6 is 11.8 Å². The van der Waals surface area contributed by atoms with Crippen molar-refractivity contribution >= 4 is 23.7 Å². The molecule has 19 heavy (non-hydrogen) atoms. The van der Waals surface area contributed by atoms with Gasteiger partial charge in [0.05, 0.1) is 6.10 Å². The summed E-state index contributed by atoms with van der Waals surface area (Å²) in [4.78, 5) is 15.3. The Bertz CT molecular complexity index is 409. The highest BCUT2D eigenvalue weighted by Gasteiger charge is 2.17. The van der Waals surface area contributed by atoms with Gasteiger partial charge in [0.15, 0.2) is 0 Å². The zero-order valence-electron chi connectivity index (χ0n) is 11.7. The molecule has 1 saturated heterocycles. The van der Waals surface area contributed by atoms with E-state index in [2.05, 4.69) is 25.2 Å². The fraction of sp³-hybridized carbons (Fsp3) is 0.750. The number of ether oxygens (including phenoxy) is 1. The van der Waals surface area contributed by atoms with Crippen LogP contribution in [-0.2, 0) is 0 Å². The molecule has 2 heterocycles. The summed E-state index contributed by atoms with van der Waals surface area (Å²) in [6.45, 7) is 8.68. The van der Waals surface area contributed by atoms with Gasteiger partial charge >= 0.3 is 6.01 Å². The summed E-state index contributed by atoms with van der Waals surface area (Å²) < 4.78 is 5.60. The fourth-order valence-electron chi connectivity index (χ4n) is 1.75. The maximum atomic E-state index is 5.60. The van der Waals surface area contributed by atoms with E-state index in [-0.39, 0.29) is 6.10 Å². The highest BCUT2D eigenvalue weighted by molar-refractivity contribution is 7.99. The van der Waals surface area contributed by atoms with E-state index in [0.29, 0.717) is 17.9 Å². The van der Waals surface area contributed by atoms with Gasteiger partial charge in [0, 0.05) is 31.1 Å². The first kappa shape index (κ1) is 14.2. The molecule has 1 aromatic heterocycles. The Balaban J connectivity index is 2.21. The van der Waals surface area contributed by atoms with Crippen molar-refractivity contribution in [1.29, 1.82) is 0 Å². The van der Waals surface area contributed by atoms with E-state index >= 15 is 0 Å². The molecule has 0 saturated carbocycles. The van der Waals surface area contributed by atoms with E-state index in [1.807, 2.05) is 32.5 Å². The molecule has 0 aromatic carbocycles. The van der Waals surface area contributed by atoms with E-state index in [0.717, 1.165) is 31.1 Å². The molecule has 6 nitrogen and oxygen atoms in total. The van der Waals surface area contributed by atoms with Crippen LogP contribution < -0.4 is 15.0 Å². The molecule has 0 unspecified atom stereocenters. The van der Waals surface area contributed by atoms with Crippen LogP contribution in [0.3, 0.4) is 0 Å². The number of nitrogens with zero attached hydrogens (tertiary/aromatic N) is 4. The maximum Gasteiger partial charge on any atom is 0.323 e. The molecule has 1 fully saturated rings. The van der Waals surface area contributed by atoms with E-state index in [1.54, 1.807) is 0 Å². The predicted molar refractivity (Wildman–Crippen MR) is 79.3 cm³/mol. The van der Waals surface area contributed by atoms with E-state index in [1.165, 1.54) is 0 Å².